The molecule has 134 valence electrons. The number of benzene rings is 2. The van der Waals surface area contributed by atoms with Crippen LogP contribution in [0.25, 0.3) is 22.3 Å². The van der Waals surface area contributed by atoms with Crippen molar-refractivity contribution in [2.24, 2.45) is 7.05 Å². The minimum absolute atomic E-state index is 0.165. The molecule has 9 heteroatoms. The molecule has 2 aromatic carbocycles. The number of para-hydroxylation sites is 1. The Hall–Kier alpha value is -3.36. The summed E-state index contributed by atoms with van der Waals surface area (Å²) < 4.78 is 43.7. The molecular formula is C17H12F3N3O3. The summed E-state index contributed by atoms with van der Waals surface area (Å²) in [5.41, 5.74) is 1.27. The third-order valence-electron chi connectivity index (χ3n) is 3.63. The normalized spacial score (nSPS) is 11.4. The van der Waals surface area contributed by atoms with Gasteiger partial charge in [-0.25, -0.2) is 0 Å². The van der Waals surface area contributed by atoms with Crippen molar-refractivity contribution in [2.75, 3.05) is 0 Å². The molecule has 1 aromatic heterocycles. The van der Waals surface area contributed by atoms with E-state index in [0.717, 1.165) is 0 Å². The number of nitro groups is 1. The number of alkyl halides is 3. The average molecular weight is 363 g/mol. The third-order valence-corrected chi connectivity index (χ3v) is 3.63. The molecule has 0 unspecified atom stereocenters. The van der Waals surface area contributed by atoms with Crippen molar-refractivity contribution in [1.82, 2.24) is 9.78 Å². The molecule has 0 fully saturated rings. The maximum atomic E-state index is 12.7. The van der Waals surface area contributed by atoms with Crippen molar-refractivity contribution in [1.29, 1.82) is 0 Å². The minimum atomic E-state index is -4.86. The van der Waals surface area contributed by atoms with E-state index in [2.05, 4.69) is 9.84 Å². The van der Waals surface area contributed by atoms with Crippen molar-refractivity contribution >= 4 is 5.69 Å². The lowest BCUT2D eigenvalue weighted by molar-refractivity contribution is -0.384. The number of halogens is 3. The Kier molecular flexibility index (Phi) is 4.37. The van der Waals surface area contributed by atoms with Gasteiger partial charge in [-0.1, -0.05) is 18.2 Å². The van der Waals surface area contributed by atoms with Crippen molar-refractivity contribution in [3.05, 3.63) is 65.0 Å². The van der Waals surface area contributed by atoms with E-state index in [0.29, 0.717) is 16.7 Å². The highest BCUT2D eigenvalue weighted by Crippen LogP contribution is 2.40. The molecule has 0 saturated heterocycles. The summed E-state index contributed by atoms with van der Waals surface area (Å²) in [5, 5.41) is 15.1. The lowest BCUT2D eigenvalue weighted by Crippen LogP contribution is -2.17. The molecule has 0 saturated carbocycles. The van der Waals surface area contributed by atoms with Gasteiger partial charge in [0.15, 0.2) is 0 Å². The van der Waals surface area contributed by atoms with Gasteiger partial charge in [-0.05, 0) is 23.3 Å². The van der Waals surface area contributed by atoms with Gasteiger partial charge in [-0.15, -0.1) is 13.2 Å². The first-order valence-corrected chi connectivity index (χ1v) is 7.37. The van der Waals surface area contributed by atoms with Crippen LogP contribution >= 0.6 is 0 Å². The van der Waals surface area contributed by atoms with Crippen LogP contribution in [0.5, 0.6) is 5.75 Å². The highest BCUT2D eigenvalue weighted by atomic mass is 19.4. The number of nitro benzene ring substituents is 1. The lowest BCUT2D eigenvalue weighted by Gasteiger charge is -2.15. The molecule has 0 radical (unpaired) electrons. The second kappa shape index (κ2) is 6.51. The molecule has 3 rings (SSSR count). The zero-order valence-electron chi connectivity index (χ0n) is 13.4. The van der Waals surface area contributed by atoms with Gasteiger partial charge in [0, 0.05) is 36.5 Å². The van der Waals surface area contributed by atoms with Crippen LogP contribution in [-0.2, 0) is 7.05 Å². The SMILES string of the molecule is Cn1cc(-c2cc([N+](=O)[O-])ccc2-c2ccccc2OC(F)(F)F)cn1. The predicted octanol–water partition coefficient (Wildman–Crippen LogP) is 4.56. The first-order chi connectivity index (χ1) is 12.2. The first kappa shape index (κ1) is 17.5. The third kappa shape index (κ3) is 3.66. The number of aryl methyl sites for hydroxylation is 1. The summed E-state index contributed by atoms with van der Waals surface area (Å²) in [4.78, 5) is 10.5. The molecule has 0 aliphatic heterocycles. The summed E-state index contributed by atoms with van der Waals surface area (Å²) in [6.07, 6.45) is -1.75. The van der Waals surface area contributed by atoms with Crippen molar-refractivity contribution in [2.45, 2.75) is 6.36 Å². The van der Waals surface area contributed by atoms with Gasteiger partial charge in [0.05, 0.1) is 11.1 Å². The molecule has 0 aliphatic rings. The van der Waals surface area contributed by atoms with Crippen LogP contribution in [0.15, 0.2) is 54.9 Å². The Labute approximate surface area is 145 Å². The van der Waals surface area contributed by atoms with E-state index in [1.165, 1.54) is 47.3 Å². The van der Waals surface area contributed by atoms with E-state index in [1.54, 1.807) is 19.3 Å². The summed E-state index contributed by atoms with van der Waals surface area (Å²) in [5.74, 6) is -0.390. The number of rotatable bonds is 4. The van der Waals surface area contributed by atoms with Gasteiger partial charge >= 0.3 is 6.36 Å². The van der Waals surface area contributed by atoms with Gasteiger partial charge < -0.3 is 4.74 Å². The van der Waals surface area contributed by atoms with E-state index in [-0.39, 0.29) is 17.0 Å². The standard InChI is InChI=1S/C17H12F3N3O3/c1-22-10-11(9-21-22)15-8-12(23(24)25)6-7-13(15)14-4-2-3-5-16(14)26-17(18,19)20/h2-10H,1H3. The van der Waals surface area contributed by atoms with Crippen LogP contribution in [0.2, 0.25) is 0 Å². The molecule has 0 aliphatic carbocycles. The van der Waals surface area contributed by atoms with Crippen LogP contribution in [0.3, 0.4) is 0 Å². The monoisotopic (exact) mass is 363 g/mol. The zero-order chi connectivity index (χ0) is 18.9. The fraction of sp³-hybridized carbons (Fsp3) is 0.118. The molecule has 1 heterocycles. The minimum Gasteiger partial charge on any atom is -0.405 e. The highest BCUT2D eigenvalue weighted by molar-refractivity contribution is 5.87. The van der Waals surface area contributed by atoms with Crippen LogP contribution in [0.1, 0.15) is 0 Å². The Bertz CT molecular complexity index is 967. The van der Waals surface area contributed by atoms with Gasteiger partial charge in [0.2, 0.25) is 0 Å². The van der Waals surface area contributed by atoms with Gasteiger partial charge in [-0.3, -0.25) is 14.8 Å². The number of aromatic nitrogens is 2. The smallest absolute Gasteiger partial charge is 0.405 e. The number of hydrogen-bond donors (Lipinski definition) is 0. The van der Waals surface area contributed by atoms with Crippen LogP contribution < -0.4 is 4.74 Å². The van der Waals surface area contributed by atoms with E-state index in [1.807, 2.05) is 0 Å². The largest absolute Gasteiger partial charge is 0.573 e. The summed E-state index contributed by atoms with van der Waals surface area (Å²) in [7, 11) is 1.67. The maximum Gasteiger partial charge on any atom is 0.573 e. The molecule has 0 N–H and O–H groups in total. The number of non-ortho nitro benzene ring substituents is 1. The first-order valence-electron chi connectivity index (χ1n) is 7.37. The second-order valence-corrected chi connectivity index (χ2v) is 5.43. The van der Waals surface area contributed by atoms with Crippen LogP contribution in [-0.4, -0.2) is 21.1 Å². The summed E-state index contributed by atoms with van der Waals surface area (Å²) in [6.45, 7) is 0. The van der Waals surface area contributed by atoms with Crippen LogP contribution in [0, 0.1) is 10.1 Å². The molecule has 0 bridgehead atoms. The molecular weight excluding hydrogens is 351 g/mol. The average Bonchev–Trinajstić information content (AvgIpc) is 3.00. The molecule has 0 amide bonds. The number of ether oxygens (including phenoxy) is 1. The van der Waals surface area contributed by atoms with Crippen molar-refractivity contribution in [3.63, 3.8) is 0 Å². The zero-order valence-corrected chi connectivity index (χ0v) is 13.4. The molecule has 0 atom stereocenters. The fourth-order valence-corrected chi connectivity index (χ4v) is 2.58. The molecule has 26 heavy (non-hydrogen) atoms. The van der Waals surface area contributed by atoms with Gasteiger partial charge in [-0.2, -0.15) is 5.10 Å². The molecule has 6 nitrogen and oxygen atoms in total. The Morgan fingerprint density at radius 1 is 1.12 bits per heavy atom. The van der Waals surface area contributed by atoms with Crippen LogP contribution in [0.4, 0.5) is 18.9 Å². The summed E-state index contributed by atoms with van der Waals surface area (Å²) >= 11 is 0. The van der Waals surface area contributed by atoms with Gasteiger partial charge in [0.1, 0.15) is 5.75 Å². The van der Waals surface area contributed by atoms with E-state index in [4.69, 9.17) is 0 Å². The molecule has 3 aromatic rings. The fourth-order valence-electron chi connectivity index (χ4n) is 2.58. The van der Waals surface area contributed by atoms with E-state index in [9.17, 15) is 23.3 Å². The second-order valence-electron chi connectivity index (χ2n) is 5.43. The van der Waals surface area contributed by atoms with E-state index < -0.39 is 11.3 Å². The van der Waals surface area contributed by atoms with Gasteiger partial charge in [0.25, 0.3) is 5.69 Å². The number of hydrogen-bond acceptors (Lipinski definition) is 4. The summed E-state index contributed by atoms with van der Waals surface area (Å²) in [6, 6.07) is 9.57. The van der Waals surface area contributed by atoms with Crippen molar-refractivity contribution < 1.29 is 22.8 Å². The number of nitrogens with zero attached hydrogens (tertiary/aromatic N) is 3. The maximum absolute atomic E-state index is 12.7. The lowest BCUT2D eigenvalue weighted by atomic mass is 9.95. The predicted molar refractivity (Wildman–Crippen MR) is 87.4 cm³/mol. The Morgan fingerprint density at radius 2 is 1.85 bits per heavy atom. The topological polar surface area (TPSA) is 70.2 Å². The molecule has 0 spiro atoms. The Morgan fingerprint density at radius 3 is 2.46 bits per heavy atom. The quantitative estimate of drug-likeness (QED) is 0.503. The highest BCUT2D eigenvalue weighted by Gasteiger charge is 2.32. The van der Waals surface area contributed by atoms with Crippen molar-refractivity contribution in [3.8, 4) is 28.0 Å². The van der Waals surface area contributed by atoms with E-state index >= 15 is 0 Å². The Balaban J connectivity index is 2.21.